The molecule has 1 rings (SSSR count). The quantitative estimate of drug-likeness (QED) is 0.587. The SMILES string of the molecule is CNC(=O)COC(=O)c1ccccc1SCC(=O)NC. The molecule has 0 aromatic heterocycles. The highest BCUT2D eigenvalue weighted by atomic mass is 32.2. The van der Waals surface area contributed by atoms with E-state index in [0.29, 0.717) is 10.5 Å². The van der Waals surface area contributed by atoms with Gasteiger partial charge in [-0.1, -0.05) is 12.1 Å². The maximum Gasteiger partial charge on any atom is 0.339 e. The Morgan fingerprint density at radius 2 is 1.75 bits per heavy atom. The lowest BCUT2D eigenvalue weighted by atomic mass is 10.2. The van der Waals surface area contributed by atoms with E-state index in [1.54, 1.807) is 31.3 Å². The number of hydrogen-bond acceptors (Lipinski definition) is 5. The Kier molecular flexibility index (Phi) is 6.58. The first-order valence-corrected chi connectivity index (χ1v) is 6.87. The fourth-order valence-electron chi connectivity index (χ4n) is 1.26. The van der Waals surface area contributed by atoms with Crippen LogP contribution >= 0.6 is 11.8 Å². The molecule has 2 N–H and O–H groups in total. The van der Waals surface area contributed by atoms with Crippen LogP contribution in [0.15, 0.2) is 29.2 Å². The van der Waals surface area contributed by atoms with Crippen molar-refractivity contribution >= 4 is 29.5 Å². The average molecular weight is 296 g/mol. The maximum absolute atomic E-state index is 11.9. The first-order valence-electron chi connectivity index (χ1n) is 5.88. The number of nitrogens with one attached hydrogen (secondary N) is 2. The summed E-state index contributed by atoms with van der Waals surface area (Å²) in [5.74, 6) is -0.901. The molecule has 0 fully saturated rings. The molecule has 0 atom stereocenters. The molecule has 0 saturated carbocycles. The van der Waals surface area contributed by atoms with Gasteiger partial charge in [0.05, 0.1) is 11.3 Å². The standard InChI is InChI=1S/C13H16N2O4S/c1-14-11(16)7-19-13(18)9-5-3-4-6-10(9)20-8-12(17)15-2/h3-6H,7-8H2,1-2H3,(H,14,16)(H,15,17). The number of esters is 1. The zero-order valence-electron chi connectivity index (χ0n) is 11.3. The van der Waals surface area contributed by atoms with Gasteiger partial charge in [-0.25, -0.2) is 4.79 Å². The molecular formula is C13H16N2O4S. The number of benzene rings is 1. The normalized spacial score (nSPS) is 9.70. The first-order chi connectivity index (χ1) is 9.58. The number of ether oxygens (including phenoxy) is 1. The minimum atomic E-state index is -0.589. The average Bonchev–Trinajstić information content (AvgIpc) is 2.49. The van der Waals surface area contributed by atoms with Crippen LogP contribution < -0.4 is 10.6 Å². The summed E-state index contributed by atoms with van der Waals surface area (Å²) in [6.45, 7) is -0.330. The maximum atomic E-state index is 11.9. The lowest BCUT2D eigenvalue weighted by Crippen LogP contribution is -2.25. The summed E-state index contributed by atoms with van der Waals surface area (Å²) in [6.07, 6.45) is 0. The summed E-state index contributed by atoms with van der Waals surface area (Å²) >= 11 is 1.23. The predicted octanol–water partition coefficient (Wildman–Crippen LogP) is 0.427. The molecule has 0 aliphatic carbocycles. The van der Waals surface area contributed by atoms with E-state index in [0.717, 1.165) is 0 Å². The van der Waals surface area contributed by atoms with Crippen molar-refractivity contribution in [1.82, 2.24) is 10.6 Å². The lowest BCUT2D eigenvalue weighted by molar-refractivity contribution is -0.123. The van der Waals surface area contributed by atoms with Crippen LogP contribution in [0.1, 0.15) is 10.4 Å². The molecule has 0 bridgehead atoms. The van der Waals surface area contributed by atoms with Gasteiger partial charge in [0.2, 0.25) is 5.91 Å². The van der Waals surface area contributed by atoms with Crippen LogP contribution in [0.2, 0.25) is 0 Å². The Balaban J connectivity index is 2.71. The Labute approximate surface area is 121 Å². The number of likely N-dealkylation sites (N-methyl/N-ethyl adjacent to an activating group) is 1. The van der Waals surface area contributed by atoms with E-state index in [4.69, 9.17) is 4.74 Å². The fraction of sp³-hybridized carbons (Fsp3) is 0.308. The van der Waals surface area contributed by atoms with Crippen LogP contribution in [-0.4, -0.2) is 44.2 Å². The van der Waals surface area contributed by atoms with Crippen LogP contribution in [0.4, 0.5) is 0 Å². The van der Waals surface area contributed by atoms with E-state index in [9.17, 15) is 14.4 Å². The molecular weight excluding hydrogens is 280 g/mol. The van der Waals surface area contributed by atoms with Crippen molar-refractivity contribution in [2.75, 3.05) is 26.5 Å². The zero-order valence-corrected chi connectivity index (χ0v) is 12.1. The molecule has 6 nitrogen and oxygen atoms in total. The van der Waals surface area contributed by atoms with Crippen LogP contribution in [-0.2, 0) is 14.3 Å². The fourth-order valence-corrected chi connectivity index (χ4v) is 2.17. The number of amides is 2. The van der Waals surface area contributed by atoms with Crippen molar-refractivity contribution in [3.05, 3.63) is 29.8 Å². The van der Waals surface area contributed by atoms with Gasteiger partial charge in [0.15, 0.2) is 6.61 Å². The van der Waals surface area contributed by atoms with Crippen LogP contribution in [0, 0.1) is 0 Å². The van der Waals surface area contributed by atoms with Crippen molar-refractivity contribution in [1.29, 1.82) is 0 Å². The minimum absolute atomic E-state index is 0.136. The molecule has 7 heteroatoms. The smallest absolute Gasteiger partial charge is 0.339 e. The highest BCUT2D eigenvalue weighted by Crippen LogP contribution is 2.23. The van der Waals surface area contributed by atoms with Gasteiger partial charge in [-0.05, 0) is 12.1 Å². The van der Waals surface area contributed by atoms with Crippen LogP contribution in [0.5, 0.6) is 0 Å². The van der Waals surface area contributed by atoms with Gasteiger partial charge >= 0.3 is 5.97 Å². The van der Waals surface area contributed by atoms with Gasteiger partial charge in [-0.3, -0.25) is 9.59 Å². The van der Waals surface area contributed by atoms with Gasteiger partial charge in [0, 0.05) is 19.0 Å². The van der Waals surface area contributed by atoms with Crippen molar-refractivity contribution in [3.63, 3.8) is 0 Å². The van der Waals surface area contributed by atoms with Crippen molar-refractivity contribution in [3.8, 4) is 0 Å². The first kappa shape index (κ1) is 16.0. The number of rotatable bonds is 6. The van der Waals surface area contributed by atoms with E-state index >= 15 is 0 Å². The molecule has 0 radical (unpaired) electrons. The summed E-state index contributed by atoms with van der Waals surface area (Å²) in [5.41, 5.74) is 0.338. The van der Waals surface area contributed by atoms with Gasteiger partial charge in [-0.2, -0.15) is 0 Å². The monoisotopic (exact) mass is 296 g/mol. The largest absolute Gasteiger partial charge is 0.452 e. The number of hydrogen-bond donors (Lipinski definition) is 2. The molecule has 0 aliphatic heterocycles. The topological polar surface area (TPSA) is 84.5 Å². The summed E-state index contributed by atoms with van der Waals surface area (Å²) in [5, 5.41) is 4.86. The Bertz CT molecular complexity index is 505. The van der Waals surface area contributed by atoms with Crippen molar-refractivity contribution < 1.29 is 19.1 Å². The van der Waals surface area contributed by atoms with Gasteiger partial charge in [0.1, 0.15) is 0 Å². The Hall–Kier alpha value is -2.02. The molecule has 0 saturated heterocycles. The van der Waals surface area contributed by atoms with Gasteiger partial charge in [-0.15, -0.1) is 11.8 Å². The highest BCUT2D eigenvalue weighted by molar-refractivity contribution is 8.00. The molecule has 2 amide bonds. The number of thioether (sulfide) groups is 1. The van der Waals surface area contributed by atoms with E-state index in [2.05, 4.69) is 10.6 Å². The highest BCUT2D eigenvalue weighted by Gasteiger charge is 2.14. The zero-order chi connectivity index (χ0) is 15.0. The third-order valence-electron chi connectivity index (χ3n) is 2.36. The summed E-state index contributed by atoms with van der Waals surface area (Å²) in [7, 11) is 3.01. The molecule has 1 aromatic carbocycles. The second-order valence-corrected chi connectivity index (χ2v) is 4.72. The molecule has 0 aliphatic rings. The minimum Gasteiger partial charge on any atom is -0.452 e. The molecule has 0 heterocycles. The van der Waals surface area contributed by atoms with Gasteiger partial charge < -0.3 is 15.4 Å². The summed E-state index contributed by atoms with van der Waals surface area (Å²) in [6, 6.07) is 6.78. The molecule has 1 aromatic rings. The van der Waals surface area contributed by atoms with E-state index in [1.165, 1.54) is 18.8 Å². The Morgan fingerprint density at radius 1 is 1.10 bits per heavy atom. The van der Waals surface area contributed by atoms with Crippen LogP contribution in [0.3, 0.4) is 0 Å². The predicted molar refractivity (Wildman–Crippen MR) is 75.6 cm³/mol. The second-order valence-electron chi connectivity index (χ2n) is 3.71. The lowest BCUT2D eigenvalue weighted by Gasteiger charge is -2.08. The van der Waals surface area contributed by atoms with Crippen LogP contribution in [0.25, 0.3) is 0 Å². The number of carbonyl (C=O) groups excluding carboxylic acids is 3. The molecule has 0 spiro atoms. The second kappa shape index (κ2) is 8.21. The summed E-state index contributed by atoms with van der Waals surface area (Å²) in [4.78, 5) is 34.8. The molecule has 0 unspecified atom stereocenters. The molecule has 20 heavy (non-hydrogen) atoms. The Morgan fingerprint density at radius 3 is 2.40 bits per heavy atom. The number of carbonyl (C=O) groups is 3. The molecule has 108 valence electrons. The third-order valence-corrected chi connectivity index (χ3v) is 3.43. The van der Waals surface area contributed by atoms with E-state index in [-0.39, 0.29) is 24.2 Å². The van der Waals surface area contributed by atoms with E-state index < -0.39 is 5.97 Å². The van der Waals surface area contributed by atoms with E-state index in [1.807, 2.05) is 0 Å². The van der Waals surface area contributed by atoms with Crippen molar-refractivity contribution in [2.24, 2.45) is 0 Å². The van der Waals surface area contributed by atoms with Gasteiger partial charge in [0.25, 0.3) is 5.91 Å². The van der Waals surface area contributed by atoms with Crippen molar-refractivity contribution in [2.45, 2.75) is 4.90 Å². The third kappa shape index (κ3) is 4.93. The summed E-state index contributed by atoms with van der Waals surface area (Å²) < 4.78 is 4.89.